The predicted molar refractivity (Wildman–Crippen MR) is 91.3 cm³/mol. The van der Waals surface area contributed by atoms with Gasteiger partial charge in [0.2, 0.25) is 0 Å². The number of fused-ring (bicyclic) bond motifs is 3. The quantitative estimate of drug-likeness (QED) is 0.878. The summed E-state index contributed by atoms with van der Waals surface area (Å²) in [7, 11) is 0. The molecule has 2 aliphatic heterocycles. The number of ether oxygens (including phenoxy) is 2. The molecule has 0 spiro atoms. The van der Waals surface area contributed by atoms with Gasteiger partial charge in [0.25, 0.3) is 0 Å². The van der Waals surface area contributed by atoms with Crippen LogP contribution in [0, 0.1) is 0 Å². The second-order valence-corrected chi connectivity index (χ2v) is 7.21. The molecule has 0 bridgehead atoms. The van der Waals surface area contributed by atoms with E-state index in [4.69, 9.17) is 9.47 Å². The van der Waals surface area contributed by atoms with Crippen LogP contribution in [-0.2, 0) is 6.42 Å². The standard InChI is InChI=1S/C20H20O5/c1-20(2,23)18-9-14-16(24-18)8-7-13-15(22)10-17(25-19(13)14)11-3-5-12(21)6-4-11/h3-8,17-18,21,23H,9-10H2,1-2H3/t17-,18-/m0/s1. The molecule has 4 rings (SSSR count). The Balaban J connectivity index is 1.71. The number of benzene rings is 2. The minimum atomic E-state index is -0.985. The molecular formula is C20H20O5. The average Bonchev–Trinajstić information content (AvgIpc) is 3.00. The van der Waals surface area contributed by atoms with Gasteiger partial charge in [-0.25, -0.2) is 0 Å². The van der Waals surface area contributed by atoms with E-state index in [2.05, 4.69) is 0 Å². The summed E-state index contributed by atoms with van der Waals surface area (Å²) < 4.78 is 12.0. The van der Waals surface area contributed by atoms with Gasteiger partial charge in [0.15, 0.2) is 5.78 Å². The number of carbonyl (C=O) groups is 1. The van der Waals surface area contributed by atoms with Crippen molar-refractivity contribution in [1.82, 2.24) is 0 Å². The molecule has 5 nitrogen and oxygen atoms in total. The van der Waals surface area contributed by atoms with Crippen LogP contribution < -0.4 is 9.47 Å². The third-order valence-electron chi connectivity index (χ3n) is 4.86. The van der Waals surface area contributed by atoms with Crippen molar-refractivity contribution in [3.8, 4) is 17.2 Å². The first-order valence-corrected chi connectivity index (χ1v) is 8.36. The first-order valence-electron chi connectivity index (χ1n) is 8.36. The number of phenols is 1. The Labute approximate surface area is 145 Å². The summed E-state index contributed by atoms with van der Waals surface area (Å²) in [4.78, 5) is 12.6. The van der Waals surface area contributed by atoms with Gasteiger partial charge >= 0.3 is 0 Å². The highest BCUT2D eigenvalue weighted by atomic mass is 16.5. The van der Waals surface area contributed by atoms with Crippen molar-refractivity contribution in [3.05, 3.63) is 53.1 Å². The van der Waals surface area contributed by atoms with E-state index in [1.165, 1.54) is 0 Å². The SMILES string of the molecule is CC(C)(O)[C@@H]1Cc2c(ccc3c2O[C@H](c2ccc(O)cc2)CC3=O)O1. The highest BCUT2D eigenvalue weighted by Crippen LogP contribution is 2.45. The Morgan fingerprint density at radius 3 is 2.44 bits per heavy atom. The van der Waals surface area contributed by atoms with Crippen molar-refractivity contribution < 1.29 is 24.5 Å². The smallest absolute Gasteiger partial charge is 0.170 e. The van der Waals surface area contributed by atoms with Gasteiger partial charge < -0.3 is 19.7 Å². The molecule has 0 fully saturated rings. The van der Waals surface area contributed by atoms with Crippen molar-refractivity contribution in [2.45, 2.75) is 44.5 Å². The number of hydrogen-bond acceptors (Lipinski definition) is 5. The summed E-state index contributed by atoms with van der Waals surface area (Å²) in [5.74, 6) is 1.41. The summed E-state index contributed by atoms with van der Waals surface area (Å²) in [6, 6.07) is 10.2. The molecule has 2 heterocycles. The number of rotatable bonds is 2. The van der Waals surface area contributed by atoms with Gasteiger partial charge in [0.1, 0.15) is 29.5 Å². The van der Waals surface area contributed by atoms with Crippen LogP contribution >= 0.6 is 0 Å². The van der Waals surface area contributed by atoms with Crippen molar-refractivity contribution in [1.29, 1.82) is 0 Å². The van der Waals surface area contributed by atoms with E-state index in [0.29, 0.717) is 23.5 Å². The van der Waals surface area contributed by atoms with E-state index in [1.54, 1.807) is 50.2 Å². The fourth-order valence-electron chi connectivity index (χ4n) is 3.38. The molecule has 2 aromatic carbocycles. The lowest BCUT2D eigenvalue weighted by Gasteiger charge is -2.27. The third kappa shape index (κ3) is 2.74. The van der Waals surface area contributed by atoms with E-state index in [-0.39, 0.29) is 24.1 Å². The first-order chi connectivity index (χ1) is 11.8. The van der Waals surface area contributed by atoms with Crippen molar-refractivity contribution in [3.63, 3.8) is 0 Å². The molecule has 2 aliphatic rings. The summed E-state index contributed by atoms with van der Waals surface area (Å²) in [6.07, 6.45) is -0.0146. The molecule has 0 aromatic heterocycles. The van der Waals surface area contributed by atoms with E-state index in [1.807, 2.05) is 0 Å². The number of Topliss-reactive ketones (excluding diaryl/α,β-unsaturated/α-hetero) is 1. The Morgan fingerprint density at radius 1 is 1.04 bits per heavy atom. The Hall–Kier alpha value is -2.53. The molecule has 0 saturated heterocycles. The highest BCUT2D eigenvalue weighted by molar-refractivity contribution is 6.00. The Morgan fingerprint density at radius 2 is 1.76 bits per heavy atom. The zero-order valence-corrected chi connectivity index (χ0v) is 14.2. The van der Waals surface area contributed by atoms with E-state index in [0.717, 1.165) is 11.1 Å². The van der Waals surface area contributed by atoms with Crippen LogP contribution in [0.3, 0.4) is 0 Å². The molecule has 0 amide bonds. The maximum atomic E-state index is 12.6. The molecule has 0 radical (unpaired) electrons. The van der Waals surface area contributed by atoms with E-state index >= 15 is 0 Å². The number of aromatic hydroxyl groups is 1. The maximum Gasteiger partial charge on any atom is 0.170 e. The van der Waals surface area contributed by atoms with E-state index < -0.39 is 11.7 Å². The summed E-state index contributed by atoms with van der Waals surface area (Å²) >= 11 is 0. The van der Waals surface area contributed by atoms with Gasteiger partial charge in [-0.3, -0.25) is 4.79 Å². The molecule has 2 N–H and O–H groups in total. The third-order valence-corrected chi connectivity index (χ3v) is 4.86. The molecule has 2 atom stereocenters. The zero-order chi connectivity index (χ0) is 17.8. The van der Waals surface area contributed by atoms with Crippen molar-refractivity contribution in [2.24, 2.45) is 0 Å². The lowest BCUT2D eigenvalue weighted by Crippen LogP contribution is -2.39. The Bertz CT molecular complexity index is 832. The molecule has 130 valence electrons. The van der Waals surface area contributed by atoms with Gasteiger partial charge in [-0.05, 0) is 43.7 Å². The van der Waals surface area contributed by atoms with Crippen LogP contribution in [0.15, 0.2) is 36.4 Å². The number of carbonyl (C=O) groups excluding carboxylic acids is 1. The van der Waals surface area contributed by atoms with Crippen LogP contribution in [0.2, 0.25) is 0 Å². The van der Waals surface area contributed by atoms with Gasteiger partial charge in [0, 0.05) is 12.0 Å². The zero-order valence-electron chi connectivity index (χ0n) is 14.2. The predicted octanol–water partition coefficient (Wildman–Crippen LogP) is 3.17. The monoisotopic (exact) mass is 340 g/mol. The summed E-state index contributed by atoms with van der Waals surface area (Å²) in [6.45, 7) is 3.42. The van der Waals surface area contributed by atoms with Crippen LogP contribution in [0.4, 0.5) is 0 Å². The van der Waals surface area contributed by atoms with Gasteiger partial charge in [-0.1, -0.05) is 12.1 Å². The highest BCUT2D eigenvalue weighted by Gasteiger charge is 2.39. The van der Waals surface area contributed by atoms with Crippen LogP contribution in [0.5, 0.6) is 17.2 Å². The average molecular weight is 340 g/mol. The first kappa shape index (κ1) is 16.0. The fourth-order valence-corrected chi connectivity index (χ4v) is 3.38. The molecule has 0 aliphatic carbocycles. The van der Waals surface area contributed by atoms with Gasteiger partial charge in [0.05, 0.1) is 17.6 Å². The molecule has 2 aromatic rings. The largest absolute Gasteiger partial charge is 0.508 e. The summed E-state index contributed by atoms with van der Waals surface area (Å²) in [5, 5.41) is 19.7. The lowest BCUT2D eigenvalue weighted by molar-refractivity contribution is -0.0229. The number of phenolic OH excluding ortho intramolecular Hbond substituents is 1. The molecule has 0 saturated carbocycles. The second-order valence-electron chi connectivity index (χ2n) is 7.21. The maximum absolute atomic E-state index is 12.6. The molecule has 25 heavy (non-hydrogen) atoms. The molecular weight excluding hydrogens is 320 g/mol. The van der Waals surface area contributed by atoms with Crippen LogP contribution in [0.25, 0.3) is 0 Å². The topological polar surface area (TPSA) is 76.0 Å². The number of ketones is 1. The Kier molecular flexibility index (Phi) is 3.51. The van der Waals surface area contributed by atoms with Crippen LogP contribution in [-0.4, -0.2) is 27.7 Å². The molecule has 5 heteroatoms. The number of aliphatic hydroxyl groups is 1. The minimum absolute atomic E-state index is 0.0221. The lowest BCUT2D eigenvalue weighted by atomic mass is 9.91. The van der Waals surface area contributed by atoms with E-state index in [9.17, 15) is 15.0 Å². The fraction of sp³-hybridized carbons (Fsp3) is 0.350. The van der Waals surface area contributed by atoms with Gasteiger partial charge in [-0.2, -0.15) is 0 Å². The summed E-state index contributed by atoms with van der Waals surface area (Å²) in [5.41, 5.74) is 1.25. The normalized spacial score (nSPS) is 22.0. The second kappa shape index (κ2) is 5.49. The molecule has 0 unspecified atom stereocenters. The van der Waals surface area contributed by atoms with Crippen LogP contribution in [0.1, 0.15) is 47.9 Å². The van der Waals surface area contributed by atoms with Gasteiger partial charge in [-0.15, -0.1) is 0 Å². The number of hydrogen-bond donors (Lipinski definition) is 2. The van der Waals surface area contributed by atoms with Crippen molar-refractivity contribution in [2.75, 3.05) is 0 Å². The van der Waals surface area contributed by atoms with Crippen molar-refractivity contribution >= 4 is 5.78 Å². The minimum Gasteiger partial charge on any atom is -0.508 e.